The number of nitrogens with zero attached hydrogens (tertiary/aromatic N) is 1. The van der Waals surface area contributed by atoms with Crippen molar-refractivity contribution in [3.05, 3.63) is 29.8 Å². The highest BCUT2D eigenvalue weighted by Gasteiger charge is 2.23. The third kappa shape index (κ3) is 5.34. The molecule has 1 fully saturated rings. The minimum Gasteiger partial charge on any atom is -0.399 e. The van der Waals surface area contributed by atoms with Crippen molar-refractivity contribution in [2.75, 3.05) is 25.4 Å². The Balaban J connectivity index is 1.77. The Bertz CT molecular complexity index is 476. The van der Waals surface area contributed by atoms with Gasteiger partial charge >= 0.3 is 0 Å². The number of nitrogens with two attached hydrogens (primary N) is 1. The first-order valence-electron chi connectivity index (χ1n) is 8.28. The minimum atomic E-state index is 0.0791. The van der Waals surface area contributed by atoms with E-state index in [1.807, 2.05) is 24.3 Å². The van der Waals surface area contributed by atoms with E-state index in [1.165, 1.54) is 6.42 Å². The second kappa shape index (κ2) is 7.63. The number of nitrogens with one attached hydrogen (secondary N) is 1. The van der Waals surface area contributed by atoms with Gasteiger partial charge in [0.15, 0.2) is 0 Å². The van der Waals surface area contributed by atoms with Crippen LogP contribution in [0.4, 0.5) is 5.69 Å². The number of rotatable bonds is 5. The fraction of sp³-hybridized carbons (Fsp3) is 0.611. The molecule has 1 amide bonds. The van der Waals surface area contributed by atoms with Crippen LogP contribution in [0, 0.1) is 11.8 Å². The van der Waals surface area contributed by atoms with Crippen molar-refractivity contribution in [1.29, 1.82) is 0 Å². The van der Waals surface area contributed by atoms with E-state index in [-0.39, 0.29) is 11.9 Å². The molecule has 22 heavy (non-hydrogen) atoms. The number of hydrogen-bond donors (Lipinski definition) is 2. The summed E-state index contributed by atoms with van der Waals surface area (Å²) >= 11 is 0. The van der Waals surface area contributed by atoms with Crippen molar-refractivity contribution in [3.8, 4) is 0 Å². The maximum Gasteiger partial charge on any atom is 0.224 e. The van der Waals surface area contributed by atoms with Crippen LogP contribution in [0.5, 0.6) is 0 Å². The summed E-state index contributed by atoms with van der Waals surface area (Å²) in [6, 6.07) is 7.67. The average molecular weight is 303 g/mol. The Kier molecular flexibility index (Phi) is 5.83. The summed E-state index contributed by atoms with van der Waals surface area (Å²) in [6.45, 7) is 9.93. The molecule has 0 spiro atoms. The molecule has 1 saturated heterocycles. The zero-order valence-corrected chi connectivity index (χ0v) is 14.0. The van der Waals surface area contributed by atoms with Crippen molar-refractivity contribution < 1.29 is 4.79 Å². The van der Waals surface area contributed by atoms with Gasteiger partial charge in [-0.25, -0.2) is 0 Å². The van der Waals surface area contributed by atoms with Gasteiger partial charge in [-0.3, -0.25) is 4.79 Å². The standard InChI is InChI=1S/C18H29N3O/c1-13-8-14(2)11-21(10-13)12-15(3)20-18(22)9-16-4-6-17(19)7-5-16/h4-7,13-15H,8-12,19H2,1-3H3,(H,20,22). The van der Waals surface area contributed by atoms with E-state index in [0.29, 0.717) is 6.42 Å². The summed E-state index contributed by atoms with van der Waals surface area (Å²) in [4.78, 5) is 14.6. The molecule has 1 aliphatic heterocycles. The first kappa shape index (κ1) is 16.8. The number of amides is 1. The first-order valence-corrected chi connectivity index (χ1v) is 8.28. The van der Waals surface area contributed by atoms with Crippen LogP contribution < -0.4 is 11.1 Å². The molecule has 4 heteroatoms. The molecule has 1 aliphatic rings. The summed E-state index contributed by atoms with van der Waals surface area (Å²) in [5.74, 6) is 1.58. The molecule has 3 unspecified atom stereocenters. The van der Waals surface area contributed by atoms with Crippen LogP contribution in [0.25, 0.3) is 0 Å². The first-order chi connectivity index (χ1) is 10.4. The molecule has 1 heterocycles. The van der Waals surface area contributed by atoms with Crippen LogP contribution in [0.1, 0.15) is 32.8 Å². The van der Waals surface area contributed by atoms with E-state index >= 15 is 0 Å². The highest BCUT2D eigenvalue weighted by Crippen LogP contribution is 2.20. The molecule has 0 bridgehead atoms. The third-order valence-corrected chi connectivity index (χ3v) is 4.23. The van der Waals surface area contributed by atoms with Gasteiger partial charge < -0.3 is 16.0 Å². The van der Waals surface area contributed by atoms with E-state index in [1.54, 1.807) is 0 Å². The summed E-state index contributed by atoms with van der Waals surface area (Å²) in [5.41, 5.74) is 7.39. The lowest BCUT2D eigenvalue weighted by molar-refractivity contribution is -0.121. The fourth-order valence-electron chi connectivity index (χ4n) is 3.52. The van der Waals surface area contributed by atoms with Gasteiger partial charge in [0.25, 0.3) is 0 Å². The van der Waals surface area contributed by atoms with Gasteiger partial charge in [0, 0.05) is 31.4 Å². The molecule has 1 aromatic carbocycles. The maximum absolute atomic E-state index is 12.1. The van der Waals surface area contributed by atoms with Gasteiger partial charge in [0.05, 0.1) is 6.42 Å². The number of carbonyl (C=O) groups excluding carboxylic acids is 1. The number of nitrogen functional groups attached to an aromatic ring is 1. The molecule has 0 aromatic heterocycles. The van der Waals surface area contributed by atoms with Crippen molar-refractivity contribution >= 4 is 11.6 Å². The molecule has 0 saturated carbocycles. The number of hydrogen-bond acceptors (Lipinski definition) is 3. The molecular weight excluding hydrogens is 274 g/mol. The van der Waals surface area contributed by atoms with Crippen molar-refractivity contribution in [1.82, 2.24) is 10.2 Å². The SMILES string of the molecule is CC1CC(C)CN(CC(C)NC(=O)Cc2ccc(N)cc2)C1. The molecule has 2 rings (SSSR count). The second-order valence-corrected chi connectivity index (χ2v) is 7.05. The van der Waals surface area contributed by atoms with Crippen molar-refractivity contribution in [3.63, 3.8) is 0 Å². The van der Waals surface area contributed by atoms with Gasteiger partial charge in [-0.05, 0) is 42.9 Å². The van der Waals surface area contributed by atoms with Gasteiger partial charge in [0.2, 0.25) is 5.91 Å². The number of likely N-dealkylation sites (tertiary alicyclic amines) is 1. The van der Waals surface area contributed by atoms with Crippen LogP contribution >= 0.6 is 0 Å². The summed E-state index contributed by atoms with van der Waals surface area (Å²) < 4.78 is 0. The average Bonchev–Trinajstić information content (AvgIpc) is 2.39. The number of carbonyl (C=O) groups is 1. The molecule has 0 aliphatic carbocycles. The van der Waals surface area contributed by atoms with Crippen LogP contribution in [0.3, 0.4) is 0 Å². The Morgan fingerprint density at radius 2 is 1.86 bits per heavy atom. The smallest absolute Gasteiger partial charge is 0.224 e. The number of benzene rings is 1. The third-order valence-electron chi connectivity index (χ3n) is 4.23. The predicted octanol–water partition coefficient (Wildman–Crippen LogP) is 2.29. The molecule has 1 aromatic rings. The number of piperidine rings is 1. The Labute approximate surface area is 134 Å². The second-order valence-electron chi connectivity index (χ2n) is 7.05. The molecule has 3 N–H and O–H groups in total. The van der Waals surface area contributed by atoms with Crippen molar-refractivity contribution in [2.24, 2.45) is 11.8 Å². The summed E-state index contributed by atoms with van der Waals surface area (Å²) in [6.07, 6.45) is 1.73. The van der Waals surface area contributed by atoms with Crippen LogP contribution in [0.15, 0.2) is 24.3 Å². The lowest BCUT2D eigenvalue weighted by Crippen LogP contribution is -2.47. The molecule has 122 valence electrons. The zero-order chi connectivity index (χ0) is 16.1. The van der Waals surface area contributed by atoms with E-state index in [2.05, 4.69) is 31.0 Å². The van der Waals surface area contributed by atoms with Gasteiger partial charge in [0.1, 0.15) is 0 Å². The molecule has 3 atom stereocenters. The highest BCUT2D eigenvalue weighted by atomic mass is 16.1. The summed E-state index contributed by atoms with van der Waals surface area (Å²) in [5, 5.41) is 3.11. The van der Waals surface area contributed by atoms with Crippen molar-refractivity contribution in [2.45, 2.75) is 39.7 Å². The van der Waals surface area contributed by atoms with E-state index in [9.17, 15) is 4.79 Å². The van der Waals surface area contributed by atoms with Crippen LogP contribution in [-0.4, -0.2) is 36.5 Å². The lowest BCUT2D eigenvalue weighted by Gasteiger charge is -2.36. The zero-order valence-electron chi connectivity index (χ0n) is 14.0. The van der Waals surface area contributed by atoms with Gasteiger partial charge in [-0.15, -0.1) is 0 Å². The topological polar surface area (TPSA) is 58.4 Å². The van der Waals surface area contributed by atoms with E-state index < -0.39 is 0 Å². The largest absolute Gasteiger partial charge is 0.399 e. The fourth-order valence-corrected chi connectivity index (χ4v) is 3.52. The Morgan fingerprint density at radius 3 is 2.45 bits per heavy atom. The quantitative estimate of drug-likeness (QED) is 0.821. The molecule has 0 radical (unpaired) electrons. The van der Waals surface area contributed by atoms with Gasteiger partial charge in [-0.1, -0.05) is 26.0 Å². The van der Waals surface area contributed by atoms with Crippen LogP contribution in [0.2, 0.25) is 0 Å². The number of anilines is 1. The molecular formula is C18H29N3O. The minimum absolute atomic E-state index is 0.0791. The maximum atomic E-state index is 12.1. The normalized spacial score (nSPS) is 24.0. The highest BCUT2D eigenvalue weighted by molar-refractivity contribution is 5.78. The molecule has 4 nitrogen and oxygen atoms in total. The van der Waals surface area contributed by atoms with Crippen LogP contribution in [-0.2, 0) is 11.2 Å². The van der Waals surface area contributed by atoms with E-state index in [4.69, 9.17) is 5.73 Å². The lowest BCUT2D eigenvalue weighted by atomic mass is 9.92. The Hall–Kier alpha value is -1.55. The Morgan fingerprint density at radius 1 is 1.27 bits per heavy atom. The van der Waals surface area contributed by atoms with Gasteiger partial charge in [-0.2, -0.15) is 0 Å². The predicted molar refractivity (Wildman–Crippen MR) is 91.5 cm³/mol. The summed E-state index contributed by atoms with van der Waals surface area (Å²) in [7, 11) is 0. The van der Waals surface area contributed by atoms with E-state index in [0.717, 1.165) is 42.7 Å². The monoisotopic (exact) mass is 303 g/mol.